The second kappa shape index (κ2) is 12.5. The number of pyridine rings is 2. The van der Waals surface area contributed by atoms with Gasteiger partial charge in [0.15, 0.2) is 5.82 Å². The zero-order valence-electron chi connectivity index (χ0n) is 22.8. The van der Waals surface area contributed by atoms with Crippen LogP contribution in [0.25, 0.3) is 11.3 Å². The smallest absolute Gasteiger partial charge is 0.176 e. The standard InChI is InChI=1S/C28H38N10O/c1-19-16-30-26(33-22-8-6-21(7-9-22)32-20(2)14-27-35-37-38-36-27)15-23(19)24-4-3-5-25(34-24)31-18-28(17-29)10-12-39-13-11-28/h3-5,15-16,20-22,32H,6-14,18H2,1-2H3,(H,30,33)(H,31,34)(H,35,36,37,38)/t20-,21?,22?/m1/s1. The van der Waals surface area contributed by atoms with Crippen molar-refractivity contribution in [3.8, 4) is 17.3 Å². The summed E-state index contributed by atoms with van der Waals surface area (Å²) in [7, 11) is 0. The van der Waals surface area contributed by atoms with E-state index in [9.17, 15) is 5.26 Å². The Balaban J connectivity index is 1.16. The van der Waals surface area contributed by atoms with Gasteiger partial charge in [-0.1, -0.05) is 11.3 Å². The topological polar surface area (TPSA) is 149 Å². The van der Waals surface area contributed by atoms with Crippen LogP contribution >= 0.6 is 0 Å². The molecule has 1 aliphatic carbocycles. The summed E-state index contributed by atoms with van der Waals surface area (Å²) >= 11 is 0. The van der Waals surface area contributed by atoms with E-state index in [1.165, 1.54) is 0 Å². The molecular weight excluding hydrogens is 492 g/mol. The maximum absolute atomic E-state index is 9.76. The Kier molecular flexibility index (Phi) is 8.64. The van der Waals surface area contributed by atoms with Gasteiger partial charge in [-0.2, -0.15) is 10.5 Å². The van der Waals surface area contributed by atoms with Crippen LogP contribution in [-0.2, 0) is 11.2 Å². The van der Waals surface area contributed by atoms with Crippen LogP contribution in [0.2, 0.25) is 0 Å². The molecule has 5 rings (SSSR count). The lowest BCUT2D eigenvalue weighted by Crippen LogP contribution is -2.42. The Labute approximate surface area is 229 Å². The molecule has 4 heterocycles. The lowest BCUT2D eigenvalue weighted by Gasteiger charge is -2.32. The molecule has 3 aromatic rings. The minimum atomic E-state index is -0.402. The van der Waals surface area contributed by atoms with Crippen LogP contribution in [-0.4, -0.2) is 68.5 Å². The van der Waals surface area contributed by atoms with Crippen molar-refractivity contribution in [2.45, 2.75) is 76.9 Å². The summed E-state index contributed by atoms with van der Waals surface area (Å²) in [5, 5.41) is 34.8. The molecule has 0 aromatic carbocycles. The van der Waals surface area contributed by atoms with Crippen molar-refractivity contribution in [1.29, 1.82) is 5.26 Å². The number of hydrogen-bond acceptors (Lipinski definition) is 10. The van der Waals surface area contributed by atoms with E-state index in [1.807, 2.05) is 24.4 Å². The molecule has 0 amide bonds. The Morgan fingerprint density at radius 2 is 1.95 bits per heavy atom. The molecule has 1 saturated heterocycles. The van der Waals surface area contributed by atoms with E-state index in [0.717, 1.165) is 79.2 Å². The van der Waals surface area contributed by atoms with E-state index in [0.29, 0.717) is 37.9 Å². The van der Waals surface area contributed by atoms with Gasteiger partial charge in [0.1, 0.15) is 11.6 Å². The maximum atomic E-state index is 9.76. The first kappa shape index (κ1) is 27.0. The number of rotatable bonds is 10. The Morgan fingerprint density at radius 1 is 1.15 bits per heavy atom. The third kappa shape index (κ3) is 7.07. The van der Waals surface area contributed by atoms with Crippen molar-refractivity contribution < 1.29 is 4.74 Å². The minimum Gasteiger partial charge on any atom is -0.381 e. The van der Waals surface area contributed by atoms with Gasteiger partial charge in [-0.25, -0.2) is 9.97 Å². The number of nitriles is 1. The highest BCUT2D eigenvalue weighted by Crippen LogP contribution is 2.31. The largest absolute Gasteiger partial charge is 0.381 e. The Morgan fingerprint density at radius 3 is 2.69 bits per heavy atom. The van der Waals surface area contributed by atoms with Crippen LogP contribution in [0.5, 0.6) is 0 Å². The first-order chi connectivity index (χ1) is 19.0. The molecule has 0 radical (unpaired) electrons. The molecule has 11 heteroatoms. The van der Waals surface area contributed by atoms with E-state index in [-0.39, 0.29) is 0 Å². The van der Waals surface area contributed by atoms with E-state index >= 15 is 0 Å². The third-order valence-corrected chi connectivity index (χ3v) is 7.90. The Hall–Kier alpha value is -3.62. The Bertz CT molecular complexity index is 1240. The highest BCUT2D eigenvalue weighted by atomic mass is 16.5. The molecule has 39 heavy (non-hydrogen) atoms. The molecule has 0 spiro atoms. The lowest BCUT2D eigenvalue weighted by molar-refractivity contribution is 0.0455. The molecule has 0 unspecified atom stereocenters. The number of anilines is 2. The summed E-state index contributed by atoms with van der Waals surface area (Å²) in [4.78, 5) is 9.54. The summed E-state index contributed by atoms with van der Waals surface area (Å²) in [5.74, 6) is 2.40. The predicted molar refractivity (Wildman–Crippen MR) is 149 cm³/mol. The number of nitrogens with one attached hydrogen (secondary N) is 4. The van der Waals surface area contributed by atoms with Crippen molar-refractivity contribution in [1.82, 2.24) is 35.9 Å². The molecular formula is C28H38N10O. The quantitative estimate of drug-likeness (QED) is 0.306. The predicted octanol–water partition coefficient (Wildman–Crippen LogP) is 3.64. The van der Waals surface area contributed by atoms with Crippen LogP contribution in [0, 0.1) is 23.7 Å². The van der Waals surface area contributed by atoms with Gasteiger partial charge in [0.2, 0.25) is 0 Å². The molecule has 4 N–H and O–H groups in total. The summed E-state index contributed by atoms with van der Waals surface area (Å²) in [5.41, 5.74) is 2.62. The van der Waals surface area contributed by atoms with Gasteiger partial charge in [0.05, 0.1) is 17.2 Å². The average Bonchev–Trinajstić information content (AvgIpc) is 3.47. The fourth-order valence-corrected chi connectivity index (χ4v) is 5.53. The van der Waals surface area contributed by atoms with E-state index in [2.05, 4.69) is 67.5 Å². The van der Waals surface area contributed by atoms with Crippen molar-refractivity contribution in [3.63, 3.8) is 0 Å². The van der Waals surface area contributed by atoms with Gasteiger partial charge in [-0.3, -0.25) is 0 Å². The summed E-state index contributed by atoms with van der Waals surface area (Å²) in [6.07, 6.45) is 8.55. The second-order valence-electron chi connectivity index (χ2n) is 10.9. The zero-order chi connectivity index (χ0) is 27.1. The number of tetrazole rings is 1. The van der Waals surface area contributed by atoms with Crippen LogP contribution in [0.3, 0.4) is 0 Å². The molecule has 1 saturated carbocycles. The van der Waals surface area contributed by atoms with Gasteiger partial charge in [-0.05, 0) is 76.1 Å². The monoisotopic (exact) mass is 530 g/mol. The number of aromatic amines is 1. The van der Waals surface area contributed by atoms with Gasteiger partial charge >= 0.3 is 0 Å². The van der Waals surface area contributed by atoms with Crippen molar-refractivity contribution >= 4 is 11.6 Å². The van der Waals surface area contributed by atoms with Gasteiger partial charge in [0, 0.05) is 56.1 Å². The first-order valence-electron chi connectivity index (χ1n) is 13.9. The van der Waals surface area contributed by atoms with E-state index in [1.54, 1.807) is 0 Å². The molecule has 206 valence electrons. The number of hydrogen-bond donors (Lipinski definition) is 4. The number of H-pyrrole nitrogens is 1. The van der Waals surface area contributed by atoms with Crippen LogP contribution in [0.4, 0.5) is 11.6 Å². The SMILES string of the molecule is Cc1cnc(NC2CCC(N[C@H](C)Cc3nn[nH]n3)CC2)cc1-c1cccc(NCC2(C#N)CCOCC2)n1. The normalized spacial score (nSPS) is 21.6. The van der Waals surface area contributed by atoms with Crippen LogP contribution in [0.15, 0.2) is 30.5 Å². The average molecular weight is 531 g/mol. The highest BCUT2D eigenvalue weighted by molar-refractivity contribution is 5.68. The second-order valence-corrected chi connectivity index (χ2v) is 10.9. The number of nitrogens with zero attached hydrogens (tertiary/aromatic N) is 6. The van der Waals surface area contributed by atoms with E-state index in [4.69, 9.17) is 9.72 Å². The minimum absolute atomic E-state index is 0.304. The van der Waals surface area contributed by atoms with Crippen LogP contribution in [0.1, 0.15) is 56.8 Å². The zero-order valence-corrected chi connectivity index (χ0v) is 22.8. The summed E-state index contributed by atoms with van der Waals surface area (Å²) in [6.45, 7) is 6.07. The van der Waals surface area contributed by atoms with Gasteiger partial charge in [-0.15, -0.1) is 10.2 Å². The van der Waals surface area contributed by atoms with E-state index < -0.39 is 5.41 Å². The molecule has 11 nitrogen and oxygen atoms in total. The van der Waals surface area contributed by atoms with Crippen LogP contribution < -0.4 is 16.0 Å². The molecule has 1 aliphatic heterocycles. The third-order valence-electron chi connectivity index (χ3n) is 7.90. The van der Waals surface area contributed by atoms with Crippen molar-refractivity contribution in [3.05, 3.63) is 41.9 Å². The maximum Gasteiger partial charge on any atom is 0.176 e. The number of ether oxygens (including phenoxy) is 1. The fourth-order valence-electron chi connectivity index (χ4n) is 5.53. The molecule has 2 aliphatic rings. The fraction of sp³-hybridized carbons (Fsp3) is 0.571. The van der Waals surface area contributed by atoms with Gasteiger partial charge < -0.3 is 20.7 Å². The number of aryl methyl sites for hydroxylation is 1. The first-order valence-corrected chi connectivity index (χ1v) is 13.9. The van der Waals surface area contributed by atoms with Crippen molar-refractivity contribution in [2.24, 2.45) is 5.41 Å². The summed E-state index contributed by atoms with van der Waals surface area (Å²) in [6, 6.07) is 11.8. The van der Waals surface area contributed by atoms with Crippen molar-refractivity contribution in [2.75, 3.05) is 30.4 Å². The van der Waals surface area contributed by atoms with Gasteiger partial charge in [0.25, 0.3) is 0 Å². The molecule has 3 aromatic heterocycles. The number of aromatic nitrogens is 6. The molecule has 2 fully saturated rings. The summed E-state index contributed by atoms with van der Waals surface area (Å²) < 4.78 is 5.46. The lowest BCUT2D eigenvalue weighted by atomic mass is 9.82. The highest BCUT2D eigenvalue weighted by Gasteiger charge is 2.32. The molecule has 0 bridgehead atoms. The molecule has 1 atom stereocenters.